The fraction of sp³-hybridized carbons (Fsp3) is 0.200. The first kappa shape index (κ1) is 23.4. The van der Waals surface area contributed by atoms with Gasteiger partial charge in [-0.1, -0.05) is 35.9 Å². The minimum atomic E-state index is -4.55. The molecule has 3 aromatic carbocycles. The molecule has 0 radical (unpaired) electrons. The molecule has 5 nitrogen and oxygen atoms in total. The third kappa shape index (κ3) is 4.08. The van der Waals surface area contributed by atoms with Gasteiger partial charge in [-0.3, -0.25) is 9.69 Å². The molecule has 1 saturated heterocycles. The van der Waals surface area contributed by atoms with Crippen LogP contribution < -0.4 is 20.3 Å². The van der Waals surface area contributed by atoms with E-state index < -0.39 is 29.4 Å². The summed E-state index contributed by atoms with van der Waals surface area (Å²) in [6.45, 7) is 1.66. The molecule has 0 unspecified atom stereocenters. The Morgan fingerprint density at radius 2 is 1.83 bits per heavy atom. The van der Waals surface area contributed by atoms with Crippen molar-refractivity contribution in [3.63, 3.8) is 0 Å². The number of nitrogens with zero attached hydrogens (tertiary/aromatic N) is 1. The molecule has 0 saturated carbocycles. The van der Waals surface area contributed by atoms with Gasteiger partial charge in [0.25, 0.3) is 0 Å². The number of hydrogen-bond acceptors (Lipinski definition) is 3. The zero-order valence-electron chi connectivity index (χ0n) is 18.3. The van der Waals surface area contributed by atoms with Crippen molar-refractivity contribution in [2.45, 2.75) is 24.9 Å². The number of benzene rings is 3. The molecule has 1 amide bonds. The summed E-state index contributed by atoms with van der Waals surface area (Å²) in [5, 5.41) is 6.73. The maximum Gasteiger partial charge on any atom is 0.416 e. The molecule has 1 fully saturated rings. The lowest BCUT2D eigenvalue weighted by Gasteiger charge is -2.56. The van der Waals surface area contributed by atoms with Gasteiger partial charge < -0.3 is 15.4 Å². The second kappa shape index (κ2) is 8.42. The van der Waals surface area contributed by atoms with Crippen LogP contribution in [-0.2, 0) is 11.0 Å². The second-order valence-electron chi connectivity index (χ2n) is 8.48. The van der Waals surface area contributed by atoms with Gasteiger partial charge in [0, 0.05) is 22.0 Å². The number of nitrogens with one attached hydrogen (secondary N) is 2. The summed E-state index contributed by atoms with van der Waals surface area (Å²) >= 11 is 11.5. The number of rotatable bonds is 3. The van der Waals surface area contributed by atoms with Crippen LogP contribution in [0, 0.1) is 5.92 Å². The molecule has 2 aliphatic rings. The number of amides is 1. The summed E-state index contributed by atoms with van der Waals surface area (Å²) in [7, 11) is 0. The number of halogens is 4. The van der Waals surface area contributed by atoms with Crippen LogP contribution in [0.15, 0.2) is 72.8 Å². The molecule has 0 aromatic heterocycles. The van der Waals surface area contributed by atoms with Crippen LogP contribution in [0.2, 0.25) is 5.02 Å². The number of alkyl halides is 3. The molecule has 2 bridgehead atoms. The van der Waals surface area contributed by atoms with Crippen molar-refractivity contribution < 1.29 is 22.7 Å². The summed E-state index contributed by atoms with van der Waals surface area (Å²) in [6.07, 6.45) is -4.55. The predicted octanol–water partition coefficient (Wildman–Crippen LogP) is 6.16. The number of carbonyl (C=O) groups is 1. The summed E-state index contributed by atoms with van der Waals surface area (Å²) in [5.41, 5.74) is -0.855. The van der Waals surface area contributed by atoms with Gasteiger partial charge >= 0.3 is 6.18 Å². The Morgan fingerprint density at radius 1 is 1.11 bits per heavy atom. The fourth-order valence-electron chi connectivity index (χ4n) is 4.69. The van der Waals surface area contributed by atoms with Crippen LogP contribution in [0.5, 0.6) is 5.75 Å². The van der Waals surface area contributed by atoms with Crippen LogP contribution in [0.25, 0.3) is 0 Å². The van der Waals surface area contributed by atoms with Gasteiger partial charge in [0.2, 0.25) is 5.91 Å². The first-order valence-corrected chi connectivity index (χ1v) is 11.5. The Bertz CT molecular complexity index is 1320. The Labute approximate surface area is 209 Å². The lowest BCUT2D eigenvalue weighted by Crippen LogP contribution is -2.72. The molecular formula is C25H19ClF3N3O2S. The average Bonchev–Trinajstić information content (AvgIpc) is 2.79. The Hall–Kier alpha value is -3.30. The molecule has 10 heteroatoms. The molecule has 0 spiro atoms. The topological polar surface area (TPSA) is 53.6 Å². The molecule has 2 N–H and O–H groups in total. The molecule has 35 heavy (non-hydrogen) atoms. The van der Waals surface area contributed by atoms with E-state index in [0.29, 0.717) is 16.5 Å². The van der Waals surface area contributed by atoms with Crippen LogP contribution in [0.4, 0.5) is 24.5 Å². The second-order valence-corrected chi connectivity index (χ2v) is 9.30. The molecule has 2 aliphatic heterocycles. The maximum absolute atomic E-state index is 13.7. The quantitative estimate of drug-likeness (QED) is 0.408. The Balaban J connectivity index is 1.61. The minimum absolute atomic E-state index is 0.155. The van der Waals surface area contributed by atoms with Crippen molar-refractivity contribution in [2.75, 3.05) is 10.2 Å². The van der Waals surface area contributed by atoms with E-state index in [0.717, 1.165) is 17.7 Å². The van der Waals surface area contributed by atoms with Gasteiger partial charge in [0.05, 0.1) is 11.6 Å². The largest absolute Gasteiger partial charge is 0.467 e. The summed E-state index contributed by atoms with van der Waals surface area (Å²) < 4.78 is 46.8. The van der Waals surface area contributed by atoms with Crippen molar-refractivity contribution in [1.82, 2.24) is 5.32 Å². The van der Waals surface area contributed by atoms with Gasteiger partial charge in [-0.2, -0.15) is 13.2 Å². The number of thiocarbonyl (C=S) groups is 1. The average molecular weight is 518 g/mol. The third-order valence-corrected chi connectivity index (χ3v) is 6.79. The van der Waals surface area contributed by atoms with Crippen LogP contribution in [0.3, 0.4) is 0 Å². The highest BCUT2D eigenvalue weighted by Gasteiger charge is 2.59. The molecule has 3 aromatic rings. The predicted molar refractivity (Wildman–Crippen MR) is 131 cm³/mol. The zero-order valence-corrected chi connectivity index (χ0v) is 19.8. The van der Waals surface area contributed by atoms with E-state index in [9.17, 15) is 18.0 Å². The molecule has 0 aliphatic carbocycles. The summed E-state index contributed by atoms with van der Waals surface area (Å²) in [5.74, 6) is -0.752. The first-order valence-electron chi connectivity index (χ1n) is 10.7. The number of ether oxygens (including phenoxy) is 1. The number of para-hydroxylation sites is 1. The van der Waals surface area contributed by atoms with E-state index in [1.807, 2.05) is 12.1 Å². The Kier molecular flexibility index (Phi) is 5.64. The molecular weight excluding hydrogens is 499 g/mol. The van der Waals surface area contributed by atoms with Crippen molar-refractivity contribution in [1.29, 1.82) is 0 Å². The number of hydrogen-bond donors (Lipinski definition) is 2. The highest BCUT2D eigenvalue weighted by atomic mass is 35.5. The number of anilines is 2. The lowest BCUT2D eigenvalue weighted by atomic mass is 9.78. The van der Waals surface area contributed by atoms with Crippen molar-refractivity contribution in [3.05, 3.63) is 88.9 Å². The number of carbonyl (C=O) groups excluding carboxylic acids is 1. The highest BCUT2D eigenvalue weighted by molar-refractivity contribution is 7.80. The fourth-order valence-corrected chi connectivity index (χ4v) is 5.23. The monoisotopic (exact) mass is 517 g/mol. The standard InChI is InChI=1S/C25H19ClF3N3O2S/c1-24-20(22(33)30-16-11-9-15(26)10-12-16)21(18-7-2-3-8-19(18)34-24)31-23(35)32(24)17-6-4-5-14(13-17)25(27,28)29/h2-13,20-21H,1H3,(H,30,33)(H,31,35)/t20-,21-,24+/m1/s1. The van der Waals surface area contributed by atoms with Crippen LogP contribution >= 0.6 is 23.8 Å². The molecule has 2 heterocycles. The maximum atomic E-state index is 13.7. The van der Waals surface area contributed by atoms with E-state index >= 15 is 0 Å². The third-order valence-electron chi connectivity index (χ3n) is 6.23. The smallest absolute Gasteiger partial charge is 0.416 e. The van der Waals surface area contributed by atoms with E-state index in [4.69, 9.17) is 28.6 Å². The molecule has 180 valence electrons. The van der Waals surface area contributed by atoms with E-state index in [2.05, 4.69) is 10.6 Å². The van der Waals surface area contributed by atoms with Crippen molar-refractivity contribution in [3.8, 4) is 5.75 Å². The summed E-state index contributed by atoms with van der Waals surface area (Å²) in [6, 6.07) is 18.1. The van der Waals surface area contributed by atoms with Crippen LogP contribution in [0.1, 0.15) is 24.1 Å². The van der Waals surface area contributed by atoms with Gasteiger partial charge in [-0.15, -0.1) is 0 Å². The van der Waals surface area contributed by atoms with Crippen molar-refractivity contribution >= 4 is 46.2 Å². The zero-order chi connectivity index (χ0) is 25.0. The van der Waals surface area contributed by atoms with Gasteiger partial charge in [0.15, 0.2) is 10.8 Å². The van der Waals surface area contributed by atoms with Gasteiger partial charge in [0.1, 0.15) is 11.7 Å². The number of fused-ring (bicyclic) bond motifs is 4. The minimum Gasteiger partial charge on any atom is -0.467 e. The van der Waals surface area contributed by atoms with E-state index in [1.165, 1.54) is 17.0 Å². The first-order chi connectivity index (χ1) is 16.6. The SMILES string of the molecule is C[C@@]12Oc3ccccc3[C@@H](NC(=S)N1c1cccc(C(F)(F)F)c1)[C@@H]2C(=O)Nc1ccc(Cl)cc1. The van der Waals surface area contributed by atoms with Crippen molar-refractivity contribution in [2.24, 2.45) is 5.92 Å². The summed E-state index contributed by atoms with van der Waals surface area (Å²) in [4.78, 5) is 15.1. The highest BCUT2D eigenvalue weighted by Crippen LogP contribution is 2.50. The van der Waals surface area contributed by atoms with Gasteiger partial charge in [-0.05, 0) is 67.7 Å². The molecule has 3 atom stereocenters. The lowest BCUT2D eigenvalue weighted by molar-refractivity contribution is -0.137. The van der Waals surface area contributed by atoms with E-state index in [-0.39, 0.29) is 16.7 Å². The van der Waals surface area contributed by atoms with Crippen LogP contribution in [-0.4, -0.2) is 16.7 Å². The molecule has 5 rings (SSSR count). The normalized spacial score (nSPS) is 23.1. The Morgan fingerprint density at radius 3 is 2.54 bits per heavy atom. The van der Waals surface area contributed by atoms with Gasteiger partial charge in [-0.25, -0.2) is 0 Å². The van der Waals surface area contributed by atoms with E-state index in [1.54, 1.807) is 43.3 Å².